The number of fused-ring (bicyclic) bond motifs is 1. The molecule has 4 rings (SSSR count). The van der Waals surface area contributed by atoms with E-state index in [-0.39, 0.29) is 11.7 Å². The molecule has 2 aromatic rings. The number of alkyl halides is 3. The standard InChI is InChI=1S/C17H19F3N4OS/c18-17(19,20)14-8-24-5-1-2-12(15(24)22-14)16(25)23-6-3-11(4-7-23)13-9-26-10-21-13/h8-12H,1-7H2. The van der Waals surface area contributed by atoms with Gasteiger partial charge in [-0.2, -0.15) is 13.2 Å². The van der Waals surface area contributed by atoms with Crippen LogP contribution in [-0.2, 0) is 17.5 Å². The molecule has 2 aromatic heterocycles. The number of aryl methyl sites for hydroxylation is 1. The zero-order valence-electron chi connectivity index (χ0n) is 14.1. The van der Waals surface area contributed by atoms with Gasteiger partial charge in [-0.15, -0.1) is 11.3 Å². The van der Waals surface area contributed by atoms with Crippen LogP contribution in [-0.4, -0.2) is 38.4 Å². The number of aromatic nitrogens is 3. The molecular formula is C17H19F3N4OS. The lowest BCUT2D eigenvalue weighted by Gasteiger charge is -2.34. The first-order valence-electron chi connectivity index (χ1n) is 8.74. The average molecular weight is 384 g/mol. The summed E-state index contributed by atoms with van der Waals surface area (Å²) in [6.45, 7) is 1.71. The number of thiazole rings is 1. The first kappa shape index (κ1) is 17.5. The fourth-order valence-electron chi connectivity index (χ4n) is 3.89. The van der Waals surface area contributed by atoms with Crippen molar-refractivity contribution in [1.82, 2.24) is 19.4 Å². The lowest BCUT2D eigenvalue weighted by Crippen LogP contribution is -2.42. The summed E-state index contributed by atoms with van der Waals surface area (Å²) in [5.74, 6) is -0.0525. The number of halogens is 3. The predicted molar refractivity (Wildman–Crippen MR) is 89.9 cm³/mol. The Morgan fingerprint density at radius 1 is 1.19 bits per heavy atom. The Hall–Kier alpha value is -1.90. The molecule has 0 spiro atoms. The molecule has 5 nitrogen and oxygen atoms in total. The maximum absolute atomic E-state index is 13.0. The summed E-state index contributed by atoms with van der Waals surface area (Å²) in [4.78, 5) is 22.8. The van der Waals surface area contributed by atoms with Crippen LogP contribution in [0.1, 0.15) is 54.7 Å². The van der Waals surface area contributed by atoms with Crippen LogP contribution in [0.2, 0.25) is 0 Å². The zero-order chi connectivity index (χ0) is 18.3. The molecule has 0 radical (unpaired) electrons. The third-order valence-corrected chi connectivity index (χ3v) is 5.88. The van der Waals surface area contributed by atoms with Crippen LogP contribution in [0, 0.1) is 0 Å². The fourth-order valence-corrected chi connectivity index (χ4v) is 4.53. The van der Waals surface area contributed by atoms with Gasteiger partial charge in [0.2, 0.25) is 5.91 Å². The summed E-state index contributed by atoms with van der Waals surface area (Å²) in [5.41, 5.74) is 1.98. The first-order valence-corrected chi connectivity index (χ1v) is 9.69. The van der Waals surface area contributed by atoms with E-state index in [1.54, 1.807) is 16.2 Å². The van der Waals surface area contributed by atoms with E-state index < -0.39 is 17.8 Å². The number of nitrogens with zero attached hydrogens (tertiary/aromatic N) is 4. The van der Waals surface area contributed by atoms with E-state index in [4.69, 9.17) is 0 Å². The molecule has 1 saturated heterocycles. The third-order valence-electron chi connectivity index (χ3n) is 5.28. The lowest BCUT2D eigenvalue weighted by atomic mass is 9.91. The maximum Gasteiger partial charge on any atom is 0.434 e. The van der Waals surface area contributed by atoms with E-state index in [0.717, 1.165) is 24.7 Å². The largest absolute Gasteiger partial charge is 0.434 e. The number of amides is 1. The van der Waals surface area contributed by atoms with Crippen LogP contribution in [0.15, 0.2) is 17.1 Å². The van der Waals surface area contributed by atoms with Crippen LogP contribution < -0.4 is 0 Å². The maximum atomic E-state index is 13.0. The minimum Gasteiger partial charge on any atom is -0.342 e. The minimum absolute atomic E-state index is 0.0954. The van der Waals surface area contributed by atoms with E-state index >= 15 is 0 Å². The highest BCUT2D eigenvalue weighted by Crippen LogP contribution is 2.35. The number of hydrogen-bond donors (Lipinski definition) is 0. The van der Waals surface area contributed by atoms with Crippen LogP contribution >= 0.6 is 11.3 Å². The number of carbonyl (C=O) groups is 1. The lowest BCUT2D eigenvalue weighted by molar-refractivity contribution is -0.141. The first-order chi connectivity index (χ1) is 12.4. The summed E-state index contributed by atoms with van der Waals surface area (Å²) in [6, 6.07) is 0. The second-order valence-corrected chi connectivity index (χ2v) is 7.60. The quantitative estimate of drug-likeness (QED) is 0.794. The van der Waals surface area contributed by atoms with Crippen molar-refractivity contribution in [3.05, 3.63) is 34.3 Å². The number of carbonyl (C=O) groups excluding carboxylic acids is 1. The van der Waals surface area contributed by atoms with Crippen molar-refractivity contribution in [3.63, 3.8) is 0 Å². The minimum atomic E-state index is -4.48. The molecule has 2 aliphatic rings. The van der Waals surface area contributed by atoms with E-state index in [1.807, 2.05) is 10.9 Å². The molecule has 1 atom stereocenters. The fraction of sp³-hybridized carbons (Fsp3) is 0.588. The topological polar surface area (TPSA) is 51.0 Å². The number of imidazole rings is 1. The van der Waals surface area contributed by atoms with Gasteiger partial charge < -0.3 is 9.47 Å². The summed E-state index contributed by atoms with van der Waals surface area (Å²) < 4.78 is 40.4. The number of likely N-dealkylation sites (tertiary alicyclic amines) is 1. The molecule has 0 saturated carbocycles. The van der Waals surface area contributed by atoms with Gasteiger partial charge in [0.05, 0.1) is 17.1 Å². The third kappa shape index (κ3) is 3.24. The van der Waals surface area contributed by atoms with E-state index in [1.165, 1.54) is 4.57 Å². The summed E-state index contributed by atoms with van der Waals surface area (Å²) in [6.07, 6.45) is -0.534. The molecule has 1 amide bonds. The molecule has 1 fully saturated rings. The highest BCUT2D eigenvalue weighted by atomic mass is 32.1. The molecule has 0 aliphatic carbocycles. The van der Waals surface area contributed by atoms with Gasteiger partial charge in [0.15, 0.2) is 5.69 Å². The van der Waals surface area contributed by atoms with Crippen molar-refractivity contribution in [2.45, 2.75) is 50.2 Å². The van der Waals surface area contributed by atoms with E-state index in [2.05, 4.69) is 9.97 Å². The molecular weight excluding hydrogens is 365 g/mol. The molecule has 1 unspecified atom stereocenters. The van der Waals surface area contributed by atoms with Gasteiger partial charge >= 0.3 is 6.18 Å². The van der Waals surface area contributed by atoms with Crippen molar-refractivity contribution in [2.75, 3.05) is 13.1 Å². The second kappa shape index (κ2) is 6.68. The van der Waals surface area contributed by atoms with Gasteiger partial charge in [-0.05, 0) is 25.7 Å². The van der Waals surface area contributed by atoms with Crippen LogP contribution in [0.4, 0.5) is 13.2 Å². The van der Waals surface area contributed by atoms with E-state index in [0.29, 0.717) is 38.4 Å². The van der Waals surface area contributed by atoms with Crippen molar-refractivity contribution in [2.24, 2.45) is 0 Å². The van der Waals surface area contributed by atoms with Crippen LogP contribution in [0.25, 0.3) is 0 Å². The summed E-state index contributed by atoms with van der Waals surface area (Å²) in [5, 5.41) is 2.04. The number of rotatable bonds is 2. The zero-order valence-corrected chi connectivity index (χ0v) is 14.9. The van der Waals surface area contributed by atoms with Crippen molar-refractivity contribution in [1.29, 1.82) is 0 Å². The monoisotopic (exact) mass is 384 g/mol. The normalized spacial score (nSPS) is 21.7. The van der Waals surface area contributed by atoms with Gasteiger partial charge in [-0.25, -0.2) is 9.97 Å². The van der Waals surface area contributed by atoms with Gasteiger partial charge in [-0.3, -0.25) is 4.79 Å². The Morgan fingerprint density at radius 2 is 1.96 bits per heavy atom. The number of piperidine rings is 1. The molecule has 4 heterocycles. The van der Waals surface area contributed by atoms with E-state index in [9.17, 15) is 18.0 Å². The molecule has 2 aliphatic heterocycles. The smallest absolute Gasteiger partial charge is 0.342 e. The molecule has 9 heteroatoms. The van der Waals surface area contributed by atoms with Crippen molar-refractivity contribution in [3.8, 4) is 0 Å². The van der Waals surface area contributed by atoms with Crippen molar-refractivity contribution < 1.29 is 18.0 Å². The van der Waals surface area contributed by atoms with Gasteiger partial charge in [0.1, 0.15) is 5.82 Å². The molecule has 26 heavy (non-hydrogen) atoms. The SMILES string of the molecule is O=C(C1CCCn2cc(C(F)(F)F)nc21)N1CCC(c2cscn2)CC1. The highest BCUT2D eigenvalue weighted by Gasteiger charge is 2.39. The number of hydrogen-bond acceptors (Lipinski definition) is 4. The average Bonchev–Trinajstić information content (AvgIpc) is 3.30. The van der Waals surface area contributed by atoms with Crippen molar-refractivity contribution >= 4 is 17.2 Å². The van der Waals surface area contributed by atoms with Crippen LogP contribution in [0.3, 0.4) is 0 Å². The Kier molecular flexibility index (Phi) is 4.50. The van der Waals surface area contributed by atoms with Crippen LogP contribution in [0.5, 0.6) is 0 Å². The Bertz CT molecular complexity index is 779. The van der Waals surface area contributed by atoms with Gasteiger partial charge in [0, 0.05) is 37.1 Å². The molecule has 140 valence electrons. The summed E-state index contributed by atoms with van der Waals surface area (Å²) >= 11 is 1.57. The second-order valence-electron chi connectivity index (χ2n) is 6.88. The molecule has 0 bridgehead atoms. The predicted octanol–water partition coefficient (Wildman–Crippen LogP) is 3.64. The van der Waals surface area contributed by atoms with Gasteiger partial charge in [-0.1, -0.05) is 0 Å². The Morgan fingerprint density at radius 3 is 2.62 bits per heavy atom. The molecule has 0 N–H and O–H groups in total. The Labute approximate surface area is 152 Å². The Balaban J connectivity index is 1.47. The highest BCUT2D eigenvalue weighted by molar-refractivity contribution is 7.07. The summed E-state index contributed by atoms with van der Waals surface area (Å²) in [7, 11) is 0. The van der Waals surface area contributed by atoms with Gasteiger partial charge in [0.25, 0.3) is 0 Å². The molecule has 0 aromatic carbocycles.